The monoisotopic (exact) mass is 432 g/mol. The van der Waals surface area contributed by atoms with Crippen LogP contribution in [0.2, 0.25) is 0 Å². The molecule has 3 aromatic rings. The Labute approximate surface area is 171 Å². The topological polar surface area (TPSA) is 92.3 Å². The number of benzene rings is 2. The van der Waals surface area contributed by atoms with Crippen LogP contribution in [0.5, 0.6) is 0 Å². The number of aryl methyl sites for hydroxylation is 1. The van der Waals surface area contributed by atoms with Gasteiger partial charge in [-0.15, -0.1) is 0 Å². The Balaban J connectivity index is 1.87. The number of halogens is 1. The van der Waals surface area contributed by atoms with Gasteiger partial charge >= 0.3 is 0 Å². The molecule has 2 aromatic carbocycles. The van der Waals surface area contributed by atoms with E-state index in [4.69, 9.17) is 0 Å². The minimum absolute atomic E-state index is 0.103. The fourth-order valence-corrected chi connectivity index (χ4v) is 4.90. The largest absolute Gasteiger partial charge is 0.272 e. The van der Waals surface area contributed by atoms with Crippen molar-refractivity contribution >= 4 is 33.0 Å². The van der Waals surface area contributed by atoms with Crippen molar-refractivity contribution in [1.29, 1.82) is 0 Å². The molecule has 0 bridgehead atoms. The van der Waals surface area contributed by atoms with E-state index in [0.717, 1.165) is 18.2 Å². The molecule has 29 heavy (non-hydrogen) atoms. The van der Waals surface area contributed by atoms with Crippen LogP contribution in [0.1, 0.15) is 33.2 Å². The molecule has 0 saturated carbocycles. The van der Waals surface area contributed by atoms with Crippen LogP contribution in [0.4, 0.5) is 4.39 Å². The van der Waals surface area contributed by atoms with Crippen LogP contribution in [-0.4, -0.2) is 20.2 Å². The van der Waals surface area contributed by atoms with Gasteiger partial charge in [-0.1, -0.05) is 25.1 Å². The molecule has 6 nitrogen and oxygen atoms in total. The summed E-state index contributed by atoms with van der Waals surface area (Å²) >= 11 is 1.31. The molecule has 0 spiro atoms. The zero-order chi connectivity index (χ0) is 21.0. The highest BCUT2D eigenvalue weighted by molar-refractivity contribution is 7.91. The smallest absolute Gasteiger partial charge is 0.267 e. The summed E-state index contributed by atoms with van der Waals surface area (Å²) in [4.78, 5) is 24.1. The number of rotatable bonds is 5. The van der Waals surface area contributed by atoms with Crippen molar-refractivity contribution in [3.05, 3.63) is 81.8 Å². The molecule has 0 aliphatic rings. The van der Waals surface area contributed by atoms with Gasteiger partial charge in [0.15, 0.2) is 0 Å². The average molecular weight is 432 g/mol. The second-order valence-corrected chi connectivity index (χ2v) is 8.72. The normalized spacial score (nSPS) is 11.1. The number of carbonyl (C=O) groups excluding carboxylic acids is 2. The summed E-state index contributed by atoms with van der Waals surface area (Å²) in [6.07, 6.45) is 0.499. The molecule has 0 aliphatic carbocycles. The molecule has 0 radical (unpaired) electrons. The van der Waals surface area contributed by atoms with Crippen LogP contribution < -0.4 is 10.9 Å². The van der Waals surface area contributed by atoms with E-state index in [1.54, 1.807) is 35.0 Å². The summed E-state index contributed by atoms with van der Waals surface area (Å²) in [7, 11) is -3.95. The molecule has 0 atom stereocenters. The number of hydrogen-bond donors (Lipinski definition) is 2. The third kappa shape index (κ3) is 4.36. The number of amides is 2. The number of thiophene rings is 1. The Morgan fingerprint density at radius 1 is 1.03 bits per heavy atom. The first-order valence-electron chi connectivity index (χ1n) is 8.60. The summed E-state index contributed by atoms with van der Waals surface area (Å²) in [6.45, 7) is 1.83. The summed E-state index contributed by atoms with van der Waals surface area (Å²) < 4.78 is 40.2. The van der Waals surface area contributed by atoms with Crippen molar-refractivity contribution in [3.8, 4) is 0 Å². The van der Waals surface area contributed by atoms with E-state index < -0.39 is 33.0 Å². The Morgan fingerprint density at radius 3 is 2.45 bits per heavy atom. The van der Waals surface area contributed by atoms with Crippen molar-refractivity contribution in [2.75, 3.05) is 0 Å². The van der Waals surface area contributed by atoms with E-state index in [9.17, 15) is 22.4 Å². The van der Waals surface area contributed by atoms with Gasteiger partial charge in [0.2, 0.25) is 9.84 Å². The standard InChI is InChI=1S/C20H17FN2O4S2/c1-2-13-5-3-4-6-18(13)29(26,27)15-7-8-17(21)16(11-15)20(25)23-22-19(24)14-9-10-28-12-14/h3-12H,2H2,1H3,(H,22,24)(H,23,25). The van der Waals surface area contributed by atoms with Gasteiger partial charge in [-0.25, -0.2) is 12.8 Å². The highest BCUT2D eigenvalue weighted by Gasteiger charge is 2.23. The molecule has 1 heterocycles. The number of nitrogens with one attached hydrogen (secondary N) is 2. The minimum Gasteiger partial charge on any atom is -0.267 e. The van der Waals surface area contributed by atoms with E-state index in [1.165, 1.54) is 17.4 Å². The molecular weight excluding hydrogens is 415 g/mol. The lowest BCUT2D eigenvalue weighted by atomic mass is 10.2. The lowest BCUT2D eigenvalue weighted by molar-refractivity contribution is 0.0844. The van der Waals surface area contributed by atoms with Gasteiger partial charge in [0, 0.05) is 5.38 Å². The van der Waals surface area contributed by atoms with Gasteiger partial charge in [-0.2, -0.15) is 11.3 Å². The first-order chi connectivity index (χ1) is 13.8. The van der Waals surface area contributed by atoms with E-state index in [-0.39, 0.29) is 9.79 Å². The third-order valence-electron chi connectivity index (χ3n) is 4.21. The molecule has 2 N–H and O–H groups in total. The van der Waals surface area contributed by atoms with Gasteiger partial charge in [-0.05, 0) is 47.7 Å². The molecule has 9 heteroatoms. The maximum Gasteiger partial charge on any atom is 0.272 e. The maximum absolute atomic E-state index is 14.2. The lowest BCUT2D eigenvalue weighted by Gasteiger charge is -2.11. The average Bonchev–Trinajstić information content (AvgIpc) is 3.27. The van der Waals surface area contributed by atoms with Crippen molar-refractivity contribution < 1.29 is 22.4 Å². The Kier molecular flexibility index (Phi) is 6.09. The number of hydrogen-bond acceptors (Lipinski definition) is 5. The Morgan fingerprint density at radius 2 is 1.76 bits per heavy atom. The highest BCUT2D eigenvalue weighted by Crippen LogP contribution is 2.26. The number of sulfone groups is 1. The van der Waals surface area contributed by atoms with Crippen LogP contribution in [0.3, 0.4) is 0 Å². The van der Waals surface area contributed by atoms with E-state index >= 15 is 0 Å². The van der Waals surface area contributed by atoms with Crippen LogP contribution in [0.15, 0.2) is 69.1 Å². The van der Waals surface area contributed by atoms with Gasteiger partial charge in [-0.3, -0.25) is 20.4 Å². The molecule has 0 saturated heterocycles. The molecule has 2 amide bonds. The number of hydrazine groups is 1. The highest BCUT2D eigenvalue weighted by atomic mass is 32.2. The van der Waals surface area contributed by atoms with Crippen molar-refractivity contribution in [2.24, 2.45) is 0 Å². The molecule has 0 fully saturated rings. The van der Waals surface area contributed by atoms with E-state index in [0.29, 0.717) is 17.5 Å². The SMILES string of the molecule is CCc1ccccc1S(=O)(=O)c1ccc(F)c(C(=O)NNC(=O)c2ccsc2)c1. The zero-order valence-electron chi connectivity index (χ0n) is 15.3. The summed E-state index contributed by atoms with van der Waals surface area (Å²) in [6, 6.07) is 11.0. The minimum atomic E-state index is -3.95. The fourth-order valence-electron chi connectivity index (χ4n) is 2.68. The summed E-state index contributed by atoms with van der Waals surface area (Å²) in [5.41, 5.74) is 4.73. The second-order valence-electron chi connectivity index (χ2n) is 6.03. The molecule has 3 rings (SSSR count). The molecule has 1 aromatic heterocycles. The third-order valence-corrected chi connectivity index (χ3v) is 6.74. The predicted octanol–water partition coefficient (Wildman–Crippen LogP) is 3.36. The molecule has 0 unspecified atom stereocenters. The Hall–Kier alpha value is -3.04. The van der Waals surface area contributed by atoms with Crippen LogP contribution in [-0.2, 0) is 16.3 Å². The van der Waals surface area contributed by atoms with Crippen LogP contribution in [0.25, 0.3) is 0 Å². The van der Waals surface area contributed by atoms with Crippen molar-refractivity contribution in [1.82, 2.24) is 10.9 Å². The second kappa shape index (κ2) is 8.54. The van der Waals surface area contributed by atoms with Crippen molar-refractivity contribution in [2.45, 2.75) is 23.1 Å². The van der Waals surface area contributed by atoms with E-state index in [1.807, 2.05) is 6.92 Å². The Bertz CT molecular complexity index is 1160. The van der Waals surface area contributed by atoms with Crippen LogP contribution >= 0.6 is 11.3 Å². The maximum atomic E-state index is 14.2. The lowest BCUT2D eigenvalue weighted by Crippen LogP contribution is -2.41. The van der Waals surface area contributed by atoms with Crippen LogP contribution in [0, 0.1) is 5.82 Å². The molecular formula is C20H17FN2O4S2. The van der Waals surface area contributed by atoms with Gasteiger partial charge in [0.05, 0.1) is 20.9 Å². The van der Waals surface area contributed by atoms with Crippen molar-refractivity contribution in [3.63, 3.8) is 0 Å². The zero-order valence-corrected chi connectivity index (χ0v) is 16.9. The summed E-state index contributed by atoms with van der Waals surface area (Å²) in [5, 5.41) is 3.28. The summed E-state index contributed by atoms with van der Waals surface area (Å²) in [5.74, 6) is -2.44. The van der Waals surface area contributed by atoms with Gasteiger partial charge < -0.3 is 0 Å². The predicted molar refractivity (Wildman–Crippen MR) is 107 cm³/mol. The van der Waals surface area contributed by atoms with Gasteiger partial charge in [0.25, 0.3) is 11.8 Å². The molecule has 0 aliphatic heterocycles. The van der Waals surface area contributed by atoms with Gasteiger partial charge in [0.1, 0.15) is 5.82 Å². The number of carbonyl (C=O) groups is 2. The van der Waals surface area contributed by atoms with E-state index in [2.05, 4.69) is 10.9 Å². The molecule has 150 valence electrons. The first kappa shape index (κ1) is 20.7. The quantitative estimate of drug-likeness (QED) is 0.478. The fraction of sp³-hybridized carbons (Fsp3) is 0.100. The first-order valence-corrected chi connectivity index (χ1v) is 11.0.